The first kappa shape index (κ1) is 18.6. The van der Waals surface area contributed by atoms with E-state index in [0.29, 0.717) is 11.3 Å². The molecule has 1 atom stereocenters. The number of halogens is 3. The number of alkyl halides is 3. The van der Waals surface area contributed by atoms with E-state index in [0.717, 1.165) is 12.1 Å². The lowest BCUT2D eigenvalue weighted by Crippen LogP contribution is -2.47. The highest BCUT2D eigenvalue weighted by Crippen LogP contribution is 2.37. The number of allylic oxidation sites excluding steroid dienone is 1. The van der Waals surface area contributed by atoms with Crippen LogP contribution in [0.1, 0.15) is 18.5 Å². The van der Waals surface area contributed by atoms with E-state index in [1.165, 1.54) is 43.1 Å². The van der Waals surface area contributed by atoms with Gasteiger partial charge in [-0.3, -0.25) is 0 Å². The van der Waals surface area contributed by atoms with E-state index in [1.54, 1.807) is 6.92 Å². The van der Waals surface area contributed by atoms with Crippen LogP contribution in [-0.2, 0) is 9.53 Å². The first-order chi connectivity index (χ1) is 11.6. The summed E-state index contributed by atoms with van der Waals surface area (Å²) in [6.45, 7) is 1.60. The van der Waals surface area contributed by atoms with Crippen molar-refractivity contribution < 1.29 is 32.2 Å². The molecule has 0 aromatic heterocycles. The van der Waals surface area contributed by atoms with Crippen molar-refractivity contribution in [1.29, 1.82) is 0 Å². The molecule has 2 rings (SSSR count). The summed E-state index contributed by atoms with van der Waals surface area (Å²) in [6.07, 6.45) is -4.80. The van der Waals surface area contributed by atoms with E-state index in [1.807, 2.05) is 0 Å². The van der Waals surface area contributed by atoms with Gasteiger partial charge in [-0.05, 0) is 24.6 Å². The fourth-order valence-electron chi connectivity index (χ4n) is 2.67. The summed E-state index contributed by atoms with van der Waals surface area (Å²) in [5.41, 5.74) is 1.10. The van der Waals surface area contributed by atoms with Crippen LogP contribution in [0.3, 0.4) is 0 Å². The third-order valence-corrected chi connectivity index (χ3v) is 3.98. The van der Waals surface area contributed by atoms with Crippen LogP contribution in [0.4, 0.5) is 18.0 Å². The lowest BCUT2D eigenvalue weighted by Gasteiger charge is -2.39. The summed E-state index contributed by atoms with van der Waals surface area (Å²) >= 11 is 0. The minimum atomic E-state index is -4.80. The molecule has 0 saturated heterocycles. The molecule has 2 amide bonds. The minimum absolute atomic E-state index is 0.233. The quantitative estimate of drug-likeness (QED) is 0.780. The van der Waals surface area contributed by atoms with Crippen molar-refractivity contribution in [3.63, 3.8) is 0 Å². The van der Waals surface area contributed by atoms with Crippen molar-refractivity contribution in [2.75, 3.05) is 21.2 Å². The number of likely N-dealkylation sites (N-methyl/N-ethyl adjacent to an activating group) is 1. The summed E-state index contributed by atoms with van der Waals surface area (Å²) in [7, 11) is 4.24. The van der Waals surface area contributed by atoms with Crippen LogP contribution >= 0.6 is 0 Å². The molecule has 25 heavy (non-hydrogen) atoms. The van der Waals surface area contributed by atoms with Gasteiger partial charge in [0.05, 0.1) is 18.7 Å². The molecule has 0 bridgehead atoms. The summed E-state index contributed by atoms with van der Waals surface area (Å²) in [5, 5.41) is 0. The van der Waals surface area contributed by atoms with Gasteiger partial charge in [-0.25, -0.2) is 9.59 Å². The largest absolute Gasteiger partial charge is 0.573 e. The maximum Gasteiger partial charge on any atom is 0.573 e. The predicted octanol–water partition coefficient (Wildman–Crippen LogP) is 3.07. The average Bonchev–Trinajstić information content (AvgIpc) is 2.55. The average molecular weight is 358 g/mol. The summed E-state index contributed by atoms with van der Waals surface area (Å²) in [6, 6.07) is 3.86. The monoisotopic (exact) mass is 358 g/mol. The standard InChI is InChI=1S/C16H17F3N2O4/c1-9-12(14(22)24-4)13(21(3)15(23)20(9)2)10-5-7-11(8-6-10)25-16(17,18)19/h5-8,13H,1-4H3/t13-/m1/s1. The lowest BCUT2D eigenvalue weighted by molar-refractivity contribution is -0.274. The second-order valence-electron chi connectivity index (χ2n) is 5.46. The Morgan fingerprint density at radius 2 is 1.72 bits per heavy atom. The molecule has 0 N–H and O–H groups in total. The van der Waals surface area contributed by atoms with Gasteiger partial charge in [0.25, 0.3) is 0 Å². The van der Waals surface area contributed by atoms with Crippen LogP contribution in [0, 0.1) is 0 Å². The number of amides is 2. The number of hydrogen-bond donors (Lipinski definition) is 0. The number of carbonyl (C=O) groups is 2. The van der Waals surface area contributed by atoms with Gasteiger partial charge >= 0.3 is 18.4 Å². The number of methoxy groups -OCH3 is 1. The van der Waals surface area contributed by atoms with Crippen LogP contribution in [0.25, 0.3) is 0 Å². The lowest BCUT2D eigenvalue weighted by atomic mass is 9.93. The van der Waals surface area contributed by atoms with Crippen LogP contribution < -0.4 is 4.74 Å². The smallest absolute Gasteiger partial charge is 0.466 e. The van der Waals surface area contributed by atoms with Crippen molar-refractivity contribution in [2.45, 2.75) is 19.3 Å². The summed E-state index contributed by atoms with van der Waals surface area (Å²) < 4.78 is 45.4. The zero-order valence-electron chi connectivity index (χ0n) is 14.0. The van der Waals surface area contributed by atoms with E-state index in [4.69, 9.17) is 4.74 Å². The number of nitrogens with zero attached hydrogens (tertiary/aromatic N) is 2. The Labute approximate surface area is 142 Å². The first-order valence-corrected chi connectivity index (χ1v) is 7.22. The molecule has 136 valence electrons. The molecule has 1 aromatic rings. The molecule has 0 saturated carbocycles. The van der Waals surface area contributed by atoms with E-state index < -0.39 is 24.1 Å². The van der Waals surface area contributed by atoms with Gasteiger partial charge < -0.3 is 19.3 Å². The molecule has 1 aliphatic heterocycles. The van der Waals surface area contributed by atoms with Gasteiger partial charge in [0.2, 0.25) is 0 Å². The third-order valence-electron chi connectivity index (χ3n) is 3.98. The highest BCUT2D eigenvalue weighted by atomic mass is 19.4. The number of ether oxygens (including phenoxy) is 2. The van der Waals surface area contributed by atoms with Gasteiger partial charge in [-0.15, -0.1) is 13.2 Å². The molecule has 6 nitrogen and oxygen atoms in total. The molecular formula is C16H17F3N2O4. The number of urea groups is 1. The molecule has 1 aliphatic rings. The van der Waals surface area contributed by atoms with Crippen LogP contribution in [0.15, 0.2) is 35.5 Å². The Balaban J connectivity index is 2.46. The van der Waals surface area contributed by atoms with Crippen LogP contribution in [-0.4, -0.2) is 49.4 Å². The molecular weight excluding hydrogens is 341 g/mol. The number of esters is 1. The third kappa shape index (κ3) is 3.70. The second-order valence-corrected chi connectivity index (χ2v) is 5.46. The van der Waals surface area contributed by atoms with Crippen molar-refractivity contribution in [1.82, 2.24) is 9.80 Å². The number of hydrogen-bond acceptors (Lipinski definition) is 4. The predicted molar refractivity (Wildman–Crippen MR) is 81.5 cm³/mol. The van der Waals surface area contributed by atoms with Crippen molar-refractivity contribution in [2.24, 2.45) is 0 Å². The fraction of sp³-hybridized carbons (Fsp3) is 0.375. The van der Waals surface area contributed by atoms with Crippen molar-refractivity contribution >= 4 is 12.0 Å². The van der Waals surface area contributed by atoms with E-state index >= 15 is 0 Å². The Morgan fingerprint density at radius 3 is 2.20 bits per heavy atom. The highest BCUT2D eigenvalue weighted by Gasteiger charge is 2.39. The normalized spacial score (nSPS) is 18.5. The number of rotatable bonds is 3. The van der Waals surface area contributed by atoms with Gasteiger partial charge in [-0.1, -0.05) is 12.1 Å². The number of benzene rings is 1. The minimum Gasteiger partial charge on any atom is -0.466 e. The molecule has 1 aromatic carbocycles. The van der Waals surface area contributed by atoms with Crippen LogP contribution in [0.2, 0.25) is 0 Å². The fourth-order valence-corrected chi connectivity index (χ4v) is 2.67. The van der Waals surface area contributed by atoms with Gasteiger partial charge in [0.15, 0.2) is 0 Å². The zero-order chi connectivity index (χ0) is 18.9. The summed E-state index contributed by atoms with van der Waals surface area (Å²) in [5.74, 6) is -1.01. The molecule has 9 heteroatoms. The van der Waals surface area contributed by atoms with Crippen molar-refractivity contribution in [3.8, 4) is 5.75 Å². The Hall–Kier alpha value is -2.71. The van der Waals surface area contributed by atoms with Gasteiger partial charge in [-0.2, -0.15) is 0 Å². The number of carbonyl (C=O) groups excluding carboxylic acids is 2. The SMILES string of the molecule is COC(=O)C1=C(C)N(C)C(=O)N(C)[C@@H]1c1ccc(OC(F)(F)F)cc1. The Bertz CT molecular complexity index is 713. The molecule has 0 unspecified atom stereocenters. The maximum absolute atomic E-state index is 12.3. The molecule has 1 heterocycles. The first-order valence-electron chi connectivity index (χ1n) is 7.22. The zero-order valence-corrected chi connectivity index (χ0v) is 14.0. The summed E-state index contributed by atoms with van der Waals surface area (Å²) in [4.78, 5) is 27.1. The molecule has 0 aliphatic carbocycles. The maximum atomic E-state index is 12.3. The van der Waals surface area contributed by atoms with E-state index in [2.05, 4.69) is 4.74 Å². The Kier molecular flexibility index (Phi) is 4.96. The molecule has 0 fully saturated rings. The van der Waals surface area contributed by atoms with Gasteiger partial charge in [0, 0.05) is 19.8 Å². The molecule has 0 radical (unpaired) electrons. The molecule has 0 spiro atoms. The second kappa shape index (κ2) is 6.66. The topological polar surface area (TPSA) is 59.1 Å². The van der Waals surface area contributed by atoms with Gasteiger partial charge in [0.1, 0.15) is 5.75 Å². The van der Waals surface area contributed by atoms with Crippen molar-refractivity contribution in [3.05, 3.63) is 41.1 Å². The Morgan fingerprint density at radius 1 is 1.16 bits per heavy atom. The highest BCUT2D eigenvalue weighted by molar-refractivity contribution is 5.94. The van der Waals surface area contributed by atoms with Crippen LogP contribution in [0.5, 0.6) is 5.75 Å². The van der Waals surface area contributed by atoms with E-state index in [9.17, 15) is 22.8 Å². The van der Waals surface area contributed by atoms with E-state index in [-0.39, 0.29) is 11.6 Å².